The van der Waals surface area contributed by atoms with E-state index in [0.717, 1.165) is 6.92 Å². The highest BCUT2D eigenvalue weighted by atomic mass is 31.2. The second kappa shape index (κ2) is 8.15. The van der Waals surface area contributed by atoms with Gasteiger partial charge in [0.25, 0.3) is 0 Å². The molecule has 11 heteroatoms. The zero-order valence-corrected chi connectivity index (χ0v) is 21.1. The van der Waals surface area contributed by atoms with E-state index >= 15 is 4.39 Å². The van der Waals surface area contributed by atoms with Gasteiger partial charge in [-0.25, -0.2) is 8.96 Å². The van der Waals surface area contributed by atoms with Crippen molar-refractivity contribution in [3.8, 4) is 0 Å². The molecule has 0 aromatic heterocycles. The standard InChI is InChI=1S/C24H32FO9P/c1-13-9-18-17-6-5-15-10-16(27)7-8-21(15,3)23(17,25)20(34-35(30,31)32)11-22(18,4)24(13,29)19(28)12-33-14(2)26/h5,7-8,13,17-18,20,29H,6,9-12H2,1-4H3,(H2,30,31,32)/t13-,17+,18+,20+,21+,22+,23+,24+/m1/s1. The predicted octanol–water partition coefficient (Wildman–Crippen LogP) is 2.58. The maximum Gasteiger partial charge on any atom is 0.469 e. The largest absolute Gasteiger partial charge is 0.469 e. The lowest BCUT2D eigenvalue weighted by Gasteiger charge is -2.62. The van der Waals surface area contributed by atoms with Crippen LogP contribution in [-0.2, 0) is 28.2 Å². The number of Topliss-reactive ketones (excluding diaryl/α,β-unsaturated/α-hetero) is 1. The highest BCUT2D eigenvalue weighted by molar-refractivity contribution is 7.46. The molecule has 9 nitrogen and oxygen atoms in total. The molecule has 0 bridgehead atoms. The van der Waals surface area contributed by atoms with Gasteiger partial charge in [-0.15, -0.1) is 0 Å². The molecule has 8 atom stereocenters. The number of alkyl halides is 1. The zero-order chi connectivity index (χ0) is 26.2. The molecule has 0 amide bonds. The number of allylic oxidation sites excluding steroid dienone is 4. The van der Waals surface area contributed by atoms with Gasteiger partial charge in [-0.3, -0.25) is 18.9 Å². The van der Waals surface area contributed by atoms with Crippen LogP contribution in [0, 0.1) is 28.6 Å². The van der Waals surface area contributed by atoms with E-state index in [2.05, 4.69) is 0 Å². The van der Waals surface area contributed by atoms with Crippen molar-refractivity contribution in [3.63, 3.8) is 0 Å². The molecule has 2 fully saturated rings. The molecule has 0 aromatic rings. The summed E-state index contributed by atoms with van der Waals surface area (Å²) in [4.78, 5) is 56.0. The second-order valence-electron chi connectivity index (χ2n) is 10.9. The van der Waals surface area contributed by atoms with E-state index in [9.17, 15) is 33.8 Å². The zero-order valence-electron chi connectivity index (χ0n) is 20.2. The maximum atomic E-state index is 17.6. The number of hydrogen-bond acceptors (Lipinski definition) is 7. The van der Waals surface area contributed by atoms with Crippen LogP contribution in [0.5, 0.6) is 0 Å². The Labute approximate surface area is 203 Å². The third kappa shape index (κ3) is 3.63. The van der Waals surface area contributed by atoms with Gasteiger partial charge in [-0.1, -0.05) is 31.6 Å². The van der Waals surface area contributed by atoms with Crippen LogP contribution in [0.25, 0.3) is 0 Å². The third-order valence-electron chi connectivity index (χ3n) is 9.26. The normalized spacial score (nSPS) is 44.7. The quantitative estimate of drug-likeness (QED) is 0.286. The number of carbonyl (C=O) groups excluding carboxylic acids is 3. The van der Waals surface area contributed by atoms with Crippen molar-refractivity contribution >= 4 is 25.4 Å². The highest BCUT2D eigenvalue weighted by Gasteiger charge is 2.76. The third-order valence-corrected chi connectivity index (χ3v) is 9.79. The van der Waals surface area contributed by atoms with E-state index in [-0.39, 0.29) is 31.5 Å². The number of esters is 1. The Morgan fingerprint density at radius 3 is 2.51 bits per heavy atom. The minimum absolute atomic E-state index is 0.00281. The van der Waals surface area contributed by atoms with Gasteiger partial charge >= 0.3 is 13.8 Å². The number of hydrogen-bond donors (Lipinski definition) is 3. The number of rotatable bonds is 5. The van der Waals surface area contributed by atoms with E-state index in [1.54, 1.807) is 26.8 Å². The molecule has 3 N–H and O–H groups in total. The predicted molar refractivity (Wildman–Crippen MR) is 120 cm³/mol. The molecule has 0 aliphatic heterocycles. The van der Waals surface area contributed by atoms with Gasteiger partial charge < -0.3 is 19.6 Å². The van der Waals surface area contributed by atoms with Gasteiger partial charge in [0.05, 0.1) is 0 Å². The fraction of sp³-hybridized carbons (Fsp3) is 0.708. The lowest BCUT2D eigenvalue weighted by Crippen LogP contribution is -2.69. The Balaban J connectivity index is 1.86. The van der Waals surface area contributed by atoms with Crippen LogP contribution >= 0.6 is 7.82 Å². The Hall–Kier alpha value is -1.71. The van der Waals surface area contributed by atoms with E-state index in [1.807, 2.05) is 0 Å². The first-order valence-electron chi connectivity index (χ1n) is 11.7. The van der Waals surface area contributed by atoms with Crippen molar-refractivity contribution in [3.05, 3.63) is 23.8 Å². The summed E-state index contributed by atoms with van der Waals surface area (Å²) in [6.45, 7) is 5.35. The molecule has 4 rings (SSSR count). The highest BCUT2D eigenvalue weighted by Crippen LogP contribution is 2.71. The molecular formula is C24H32FO9P. The summed E-state index contributed by atoms with van der Waals surface area (Å²) in [5, 5.41) is 11.8. The first-order chi connectivity index (χ1) is 16.0. The monoisotopic (exact) mass is 514 g/mol. The topological polar surface area (TPSA) is 147 Å². The van der Waals surface area contributed by atoms with Crippen LogP contribution in [0.2, 0.25) is 0 Å². The van der Waals surface area contributed by atoms with E-state index in [4.69, 9.17) is 9.26 Å². The van der Waals surface area contributed by atoms with Gasteiger partial charge in [0.1, 0.15) is 11.7 Å². The average molecular weight is 514 g/mol. The van der Waals surface area contributed by atoms with Crippen LogP contribution in [0.1, 0.15) is 53.4 Å². The summed E-state index contributed by atoms with van der Waals surface area (Å²) < 4.78 is 39.6. The smallest absolute Gasteiger partial charge is 0.458 e. The molecule has 4 aliphatic carbocycles. The van der Waals surface area contributed by atoms with Gasteiger partial charge in [0, 0.05) is 30.1 Å². The summed E-state index contributed by atoms with van der Waals surface area (Å²) in [5.74, 6) is -3.68. The lowest BCUT2D eigenvalue weighted by atomic mass is 9.45. The Morgan fingerprint density at radius 1 is 1.26 bits per heavy atom. The summed E-state index contributed by atoms with van der Waals surface area (Å²) in [6.07, 6.45) is 2.94. The Bertz CT molecular complexity index is 1080. The fourth-order valence-electron chi connectivity index (χ4n) is 7.57. The molecule has 0 heterocycles. The molecule has 0 saturated heterocycles. The molecule has 194 valence electrons. The van der Waals surface area contributed by atoms with Crippen molar-refractivity contribution in [1.29, 1.82) is 0 Å². The number of phosphoric ester groups is 1. The van der Waals surface area contributed by atoms with Crippen LogP contribution < -0.4 is 0 Å². The van der Waals surface area contributed by atoms with Crippen LogP contribution in [-0.4, -0.2) is 56.4 Å². The van der Waals surface area contributed by atoms with Crippen LogP contribution in [0.15, 0.2) is 23.8 Å². The minimum Gasteiger partial charge on any atom is -0.458 e. The summed E-state index contributed by atoms with van der Waals surface area (Å²) in [6, 6.07) is 0. The Kier molecular flexibility index (Phi) is 6.14. The molecule has 0 spiro atoms. The number of ketones is 2. The van der Waals surface area contributed by atoms with Crippen molar-refractivity contribution in [2.75, 3.05) is 6.61 Å². The van der Waals surface area contributed by atoms with Crippen molar-refractivity contribution in [2.24, 2.45) is 28.6 Å². The number of phosphoric acid groups is 1. The first-order valence-corrected chi connectivity index (χ1v) is 13.3. The number of fused-ring (bicyclic) bond motifs is 5. The summed E-state index contributed by atoms with van der Waals surface area (Å²) in [7, 11) is -5.19. The van der Waals surface area contributed by atoms with E-state index in [0.29, 0.717) is 5.57 Å². The van der Waals surface area contributed by atoms with Gasteiger partial charge in [0.15, 0.2) is 18.1 Å². The number of ether oxygens (including phenoxy) is 1. The lowest BCUT2D eigenvalue weighted by molar-refractivity contribution is -0.212. The summed E-state index contributed by atoms with van der Waals surface area (Å²) >= 11 is 0. The molecule has 0 aromatic carbocycles. The molecule has 0 unspecified atom stereocenters. The molecule has 2 saturated carbocycles. The minimum atomic E-state index is -5.19. The van der Waals surface area contributed by atoms with E-state index < -0.39 is 72.1 Å². The second-order valence-corrected chi connectivity index (χ2v) is 12.1. The van der Waals surface area contributed by atoms with Crippen LogP contribution in [0.3, 0.4) is 0 Å². The summed E-state index contributed by atoms with van der Waals surface area (Å²) in [5.41, 5.74) is -6.51. The van der Waals surface area contributed by atoms with Crippen molar-refractivity contribution < 1.29 is 47.5 Å². The van der Waals surface area contributed by atoms with Crippen LogP contribution in [0.4, 0.5) is 4.39 Å². The fourth-order valence-corrected chi connectivity index (χ4v) is 8.13. The number of aliphatic hydroxyl groups is 1. The number of carbonyl (C=O) groups is 3. The van der Waals surface area contributed by atoms with Crippen molar-refractivity contribution in [1.82, 2.24) is 0 Å². The Morgan fingerprint density at radius 2 is 1.91 bits per heavy atom. The van der Waals surface area contributed by atoms with Gasteiger partial charge in [-0.05, 0) is 44.1 Å². The molecule has 4 aliphatic rings. The average Bonchev–Trinajstić information content (AvgIpc) is 2.94. The van der Waals surface area contributed by atoms with Gasteiger partial charge in [0.2, 0.25) is 5.78 Å². The maximum absolute atomic E-state index is 17.6. The van der Waals surface area contributed by atoms with Gasteiger partial charge in [-0.2, -0.15) is 0 Å². The van der Waals surface area contributed by atoms with Crippen molar-refractivity contribution in [2.45, 2.75) is 70.8 Å². The SMILES string of the molecule is CC(=O)OCC(=O)[C@@]1(O)[C@H](C)C[C@H]2[C@@H]3CC=C4CC(=O)C=C[C@]4(C)[C@@]3(F)[C@@H](OP(=O)(O)O)C[C@@]21C. The molecule has 0 radical (unpaired) electrons. The van der Waals surface area contributed by atoms with E-state index in [1.165, 1.54) is 12.2 Å². The molecular weight excluding hydrogens is 482 g/mol. The number of halogens is 1. The first kappa shape index (κ1) is 26.4. The molecule has 35 heavy (non-hydrogen) atoms.